The van der Waals surface area contributed by atoms with Crippen molar-refractivity contribution >= 4 is 211 Å². The van der Waals surface area contributed by atoms with Gasteiger partial charge in [0.25, 0.3) is 0 Å². The summed E-state index contributed by atoms with van der Waals surface area (Å²) in [6, 6.07) is 0. The molecule has 0 heterocycles. The van der Waals surface area contributed by atoms with Gasteiger partial charge < -0.3 is 20.0 Å². The summed E-state index contributed by atoms with van der Waals surface area (Å²) in [5.74, 6) is 0. The Bertz CT molecular complexity index is 71.0. The summed E-state index contributed by atoms with van der Waals surface area (Å²) < 4.78 is 0. The molecule has 31 heavy (non-hydrogen) atoms. The second-order valence-electron chi connectivity index (χ2n) is 0. The first-order valence-electron chi connectivity index (χ1n) is 0. The smallest absolute Gasteiger partial charge is 1.00 e. The van der Waals surface area contributed by atoms with Crippen LogP contribution in [-0.4, -0.2) is 0 Å². The molecule has 0 aromatic carbocycles. The van der Waals surface area contributed by atoms with E-state index in [0.717, 1.165) is 0 Å². The molecule has 0 spiro atoms. The van der Waals surface area contributed by atoms with Crippen LogP contribution in [0, 0.1) is 0 Å². The van der Waals surface area contributed by atoms with Crippen molar-refractivity contribution in [2.24, 2.45) is 0 Å². The zero-order valence-corrected chi connectivity index (χ0v) is 62.8. The van der Waals surface area contributed by atoms with Crippen LogP contribution in [0.15, 0.2) is 0 Å². The van der Waals surface area contributed by atoms with Gasteiger partial charge in [-0.3, -0.25) is 0 Å². The normalized spacial score (nSPS) is 0. The van der Waals surface area contributed by atoms with Crippen LogP contribution in [0.4, 0.5) is 0 Å². The monoisotopic (exact) mass is 948 g/mol. The van der Waals surface area contributed by atoms with Crippen molar-refractivity contribution in [2.45, 2.75) is 0 Å². The minimum Gasteiger partial charge on any atom is -1.00 e. The minimum atomic E-state index is 0. The van der Waals surface area contributed by atoms with Gasteiger partial charge in [-0.15, -0.1) is 211 Å². The maximum absolute atomic E-state index is 0. The SMILES string of the molecule is Cl.Cl.Cl.Cl.Cl.Cl.Cl.Cl.Cl.Cl.Cl.Cl.Cl.Cl.Cl.Cl.Cl.[H-].[H-].[H-].[H-].[H-].[H-].[H-].[H-].[H-].[H-].[H-].[H-].[H-].[H-].[Na+].[Na+].[Na+].[Na+].[Na+].[Na+].[Na+].[Na+].[Na+].[Na+].[Na+].[Na+].[Na+].[Na+]. The largest absolute Gasteiger partial charge is 1.00 e. The summed E-state index contributed by atoms with van der Waals surface area (Å²) in [4.78, 5) is 0. The molecule has 0 unspecified atom stereocenters. The summed E-state index contributed by atoms with van der Waals surface area (Å²) in [7, 11) is 0. The van der Waals surface area contributed by atoms with Crippen molar-refractivity contribution in [3.63, 3.8) is 0 Å². The van der Waals surface area contributed by atoms with E-state index in [4.69, 9.17) is 0 Å². The van der Waals surface area contributed by atoms with E-state index in [1.54, 1.807) is 0 Å². The van der Waals surface area contributed by atoms with Crippen LogP contribution in [0.1, 0.15) is 20.0 Å². The maximum atomic E-state index is 0. The standard InChI is InChI=1S/17ClH.14Na.14H/h17*1H;;;;;;;;;;;;;;;;;;;;;;;;;;;;/q;;;;;;;;;;;;;;;;;14*+1;14*-1. The van der Waals surface area contributed by atoms with E-state index < -0.39 is 0 Å². The van der Waals surface area contributed by atoms with Crippen molar-refractivity contribution in [3.05, 3.63) is 0 Å². The van der Waals surface area contributed by atoms with Crippen LogP contribution in [0.25, 0.3) is 0 Å². The van der Waals surface area contributed by atoms with Crippen LogP contribution in [0.2, 0.25) is 0 Å². The van der Waals surface area contributed by atoms with Crippen molar-refractivity contribution in [2.75, 3.05) is 0 Å². The fraction of sp³-hybridized carbons (Fsp3) is 0. The molecule has 0 atom stereocenters. The molecule has 0 bridgehead atoms. The molecule has 0 aromatic heterocycles. The average molecular weight is 956 g/mol. The van der Waals surface area contributed by atoms with Gasteiger partial charge in [0, 0.05) is 0 Å². The van der Waals surface area contributed by atoms with Crippen molar-refractivity contribution in [1.29, 1.82) is 0 Å². The third-order valence-corrected chi connectivity index (χ3v) is 0. The second-order valence-corrected chi connectivity index (χ2v) is 0. The van der Waals surface area contributed by atoms with E-state index in [1.165, 1.54) is 0 Å². The molecule has 0 N–H and O–H groups in total. The molecular weight excluding hydrogens is 925 g/mol. The van der Waals surface area contributed by atoms with E-state index in [2.05, 4.69) is 0 Å². The fourth-order valence-corrected chi connectivity index (χ4v) is 0. The minimum absolute atomic E-state index is 0. The van der Waals surface area contributed by atoms with Gasteiger partial charge in [-0.1, -0.05) is 0 Å². The van der Waals surface area contributed by atoms with E-state index in [9.17, 15) is 0 Å². The molecule has 0 aromatic rings. The maximum Gasteiger partial charge on any atom is 1.00 e. The molecule has 0 aliphatic heterocycles. The topological polar surface area (TPSA) is 0 Å². The van der Waals surface area contributed by atoms with Crippen molar-refractivity contribution in [1.82, 2.24) is 0 Å². The van der Waals surface area contributed by atoms with Crippen LogP contribution in [0.3, 0.4) is 0 Å². The van der Waals surface area contributed by atoms with Gasteiger partial charge >= 0.3 is 414 Å². The van der Waals surface area contributed by atoms with E-state index >= 15 is 0 Å². The Morgan fingerprint density at radius 3 is 0.0968 bits per heavy atom. The zero-order valence-electron chi connectivity index (χ0n) is 34.9. The van der Waals surface area contributed by atoms with Gasteiger partial charge in [0.05, 0.1) is 0 Å². The molecule has 0 fully saturated rings. The molecule has 31 heteroatoms. The quantitative estimate of drug-likeness (QED) is 0.212. The summed E-state index contributed by atoms with van der Waals surface area (Å²) in [6.07, 6.45) is 0. The molecular formula is H31Cl17Na14. The summed E-state index contributed by atoms with van der Waals surface area (Å²) in [5.41, 5.74) is 0. The Morgan fingerprint density at radius 1 is 0.0968 bits per heavy atom. The second kappa shape index (κ2) is 314. The van der Waals surface area contributed by atoms with Crippen molar-refractivity contribution in [3.8, 4) is 0 Å². The first kappa shape index (κ1) is 334. The fourth-order valence-electron chi connectivity index (χ4n) is 0. The summed E-state index contributed by atoms with van der Waals surface area (Å²) >= 11 is 0. The van der Waals surface area contributed by atoms with E-state index in [0.29, 0.717) is 0 Å². The van der Waals surface area contributed by atoms with Crippen LogP contribution in [-0.2, 0) is 0 Å². The average Bonchev–Trinajstić information content (AvgIpc) is 0. The van der Waals surface area contributed by atoms with Gasteiger partial charge in [0.15, 0.2) is 0 Å². The van der Waals surface area contributed by atoms with Gasteiger partial charge in [-0.2, -0.15) is 0 Å². The number of rotatable bonds is 0. The number of hydrogen-bond acceptors (Lipinski definition) is 0. The first-order valence-corrected chi connectivity index (χ1v) is 0. The number of halogens is 17. The Morgan fingerprint density at radius 2 is 0.0968 bits per heavy atom. The van der Waals surface area contributed by atoms with Gasteiger partial charge in [-0.05, 0) is 0 Å². The van der Waals surface area contributed by atoms with Gasteiger partial charge in [0.1, 0.15) is 0 Å². The number of hydrogen-bond donors (Lipinski definition) is 0. The molecule has 0 radical (unpaired) electrons. The van der Waals surface area contributed by atoms with Gasteiger partial charge in [-0.25, -0.2) is 0 Å². The summed E-state index contributed by atoms with van der Waals surface area (Å²) in [6.45, 7) is 0. The first-order chi connectivity index (χ1) is 0. The van der Waals surface area contributed by atoms with Crippen LogP contribution < -0.4 is 414 Å². The summed E-state index contributed by atoms with van der Waals surface area (Å²) in [5, 5.41) is 0. The molecule has 0 amide bonds. The predicted molar refractivity (Wildman–Crippen MR) is 139 cm³/mol. The molecule has 0 aliphatic rings. The predicted octanol–water partition coefficient (Wildman–Crippen LogP) is -33.2. The molecule has 0 aliphatic carbocycles. The molecule has 164 valence electrons. The Kier molecular flexibility index (Phi) is 3380. The van der Waals surface area contributed by atoms with Crippen LogP contribution in [0.5, 0.6) is 0 Å². The molecule has 0 saturated heterocycles. The zero-order chi connectivity index (χ0) is 0. The Labute approximate surface area is 627 Å². The van der Waals surface area contributed by atoms with Gasteiger partial charge in [0.2, 0.25) is 0 Å². The van der Waals surface area contributed by atoms with E-state index in [1.807, 2.05) is 0 Å². The third kappa shape index (κ3) is 301. The molecule has 0 saturated carbocycles. The third-order valence-electron chi connectivity index (χ3n) is 0. The molecule has 0 rings (SSSR count). The molecule has 0 nitrogen and oxygen atoms in total. The van der Waals surface area contributed by atoms with E-state index in [-0.39, 0.29) is 645 Å². The van der Waals surface area contributed by atoms with Crippen LogP contribution >= 0.6 is 211 Å². The Balaban J connectivity index is 0. The Hall–Kier alpha value is 18.9. The van der Waals surface area contributed by atoms with Crippen molar-refractivity contribution < 1.29 is 434 Å².